The summed E-state index contributed by atoms with van der Waals surface area (Å²) in [6, 6.07) is 4.39. The topological polar surface area (TPSA) is 71.0 Å². The summed E-state index contributed by atoms with van der Waals surface area (Å²) in [6.07, 6.45) is 1.77. The summed E-state index contributed by atoms with van der Waals surface area (Å²) in [4.78, 5) is 11.0. The zero-order chi connectivity index (χ0) is 18.8. The highest BCUT2D eigenvalue weighted by molar-refractivity contribution is 14.0. The van der Waals surface area contributed by atoms with E-state index in [0.29, 0.717) is 31.0 Å². The van der Waals surface area contributed by atoms with Gasteiger partial charge in [0.15, 0.2) is 5.96 Å². The highest BCUT2D eigenvalue weighted by atomic mass is 127. The Balaban J connectivity index is 0.00000364. The van der Waals surface area contributed by atoms with Crippen LogP contribution in [0.15, 0.2) is 23.3 Å². The fourth-order valence-corrected chi connectivity index (χ4v) is 3.09. The molecule has 1 aromatic heterocycles. The molecule has 0 radical (unpaired) electrons. The molecule has 2 heterocycles. The lowest BCUT2D eigenvalue weighted by molar-refractivity contribution is 0.00752. The molecule has 1 aliphatic heterocycles. The van der Waals surface area contributed by atoms with E-state index < -0.39 is 0 Å². The van der Waals surface area contributed by atoms with Gasteiger partial charge in [0.2, 0.25) is 5.88 Å². The molecule has 1 aromatic rings. The van der Waals surface area contributed by atoms with Gasteiger partial charge in [-0.2, -0.15) is 0 Å². The molecule has 0 aliphatic carbocycles. The quantitative estimate of drug-likeness (QED) is 0.330. The smallest absolute Gasteiger partial charge is 0.213 e. The zero-order valence-corrected chi connectivity index (χ0v) is 19.2. The molecule has 1 atom stereocenters. The number of guanidine groups is 1. The zero-order valence-electron chi connectivity index (χ0n) is 16.9. The number of rotatable bonds is 8. The van der Waals surface area contributed by atoms with Gasteiger partial charge >= 0.3 is 0 Å². The molecule has 2 rings (SSSR count). The van der Waals surface area contributed by atoms with E-state index in [0.717, 1.165) is 44.4 Å². The normalized spacial score (nSPS) is 16.6. The van der Waals surface area contributed by atoms with E-state index in [1.165, 1.54) is 0 Å². The van der Waals surface area contributed by atoms with Crippen LogP contribution in [-0.4, -0.2) is 68.4 Å². The van der Waals surface area contributed by atoms with Gasteiger partial charge < -0.3 is 20.1 Å². The van der Waals surface area contributed by atoms with E-state index >= 15 is 0 Å². The summed E-state index contributed by atoms with van der Waals surface area (Å²) in [6.45, 7) is 12.3. The van der Waals surface area contributed by atoms with Gasteiger partial charge in [0.1, 0.15) is 0 Å². The molecule has 1 fully saturated rings. The van der Waals surface area contributed by atoms with Crippen LogP contribution >= 0.6 is 24.0 Å². The lowest BCUT2D eigenvalue weighted by Crippen LogP contribution is -2.52. The predicted octanol–water partition coefficient (Wildman–Crippen LogP) is 2.12. The van der Waals surface area contributed by atoms with Crippen molar-refractivity contribution in [2.45, 2.75) is 33.4 Å². The molecule has 0 aromatic carbocycles. The number of nitrogens with zero attached hydrogens (tertiary/aromatic N) is 3. The molecule has 27 heavy (non-hydrogen) atoms. The van der Waals surface area contributed by atoms with Crippen LogP contribution in [-0.2, 0) is 11.3 Å². The minimum atomic E-state index is 0. The Bertz CT molecular complexity index is 565. The van der Waals surface area contributed by atoms with Crippen LogP contribution in [0, 0.1) is 5.92 Å². The predicted molar refractivity (Wildman–Crippen MR) is 120 cm³/mol. The third kappa shape index (κ3) is 8.18. The summed E-state index contributed by atoms with van der Waals surface area (Å²) < 4.78 is 10.9. The number of ether oxygens (including phenoxy) is 2. The van der Waals surface area contributed by atoms with Gasteiger partial charge in [-0.15, -0.1) is 24.0 Å². The van der Waals surface area contributed by atoms with Gasteiger partial charge in [0.05, 0.1) is 19.8 Å². The highest BCUT2D eigenvalue weighted by Crippen LogP contribution is 2.12. The first-order chi connectivity index (χ1) is 12.6. The van der Waals surface area contributed by atoms with E-state index in [4.69, 9.17) is 9.47 Å². The van der Waals surface area contributed by atoms with E-state index in [1.807, 2.05) is 19.1 Å². The number of hydrogen-bond donors (Lipinski definition) is 2. The largest absolute Gasteiger partial charge is 0.478 e. The molecule has 0 amide bonds. The second-order valence-electron chi connectivity index (χ2n) is 6.70. The maximum Gasteiger partial charge on any atom is 0.213 e. The highest BCUT2D eigenvalue weighted by Gasteiger charge is 2.23. The van der Waals surface area contributed by atoms with Gasteiger partial charge in [0.25, 0.3) is 0 Å². The third-order valence-electron chi connectivity index (χ3n) is 4.54. The van der Waals surface area contributed by atoms with Crippen LogP contribution in [0.4, 0.5) is 0 Å². The van der Waals surface area contributed by atoms with Crippen LogP contribution in [0.5, 0.6) is 5.88 Å². The average Bonchev–Trinajstić information content (AvgIpc) is 2.65. The molecular weight excluding hydrogens is 457 g/mol. The van der Waals surface area contributed by atoms with E-state index in [-0.39, 0.29) is 24.0 Å². The summed E-state index contributed by atoms with van der Waals surface area (Å²) in [7, 11) is 1.80. The number of pyridine rings is 1. The molecule has 8 heteroatoms. The van der Waals surface area contributed by atoms with Crippen molar-refractivity contribution in [1.29, 1.82) is 0 Å². The van der Waals surface area contributed by atoms with Gasteiger partial charge in [0, 0.05) is 51.5 Å². The number of halogens is 1. The first kappa shape index (κ1) is 23.9. The molecule has 0 spiro atoms. The molecule has 1 unspecified atom stereocenters. The molecular formula is C19H34IN5O2. The van der Waals surface area contributed by atoms with Crippen molar-refractivity contribution in [2.24, 2.45) is 10.9 Å². The summed E-state index contributed by atoms with van der Waals surface area (Å²) in [5.41, 5.74) is 1.11. The maximum absolute atomic E-state index is 5.48. The lowest BCUT2D eigenvalue weighted by Gasteiger charge is -2.37. The number of morpholine rings is 1. The van der Waals surface area contributed by atoms with Crippen molar-refractivity contribution >= 4 is 29.9 Å². The first-order valence-corrected chi connectivity index (χ1v) is 9.48. The second-order valence-corrected chi connectivity index (χ2v) is 6.70. The van der Waals surface area contributed by atoms with Crippen LogP contribution in [0.1, 0.15) is 26.3 Å². The standard InChI is InChI=1S/C19H33N5O2.HI/c1-5-26-18-12-16(6-7-21-18)13-22-19(20-4)23-14-17(15(2)3)24-8-10-25-11-9-24;/h6-7,12,15,17H,5,8-11,13-14H2,1-4H3,(H2,20,22,23);1H. The minimum Gasteiger partial charge on any atom is -0.478 e. The third-order valence-corrected chi connectivity index (χ3v) is 4.54. The molecule has 2 N–H and O–H groups in total. The number of aliphatic imine (C=N–C) groups is 1. The number of nitrogens with one attached hydrogen (secondary N) is 2. The summed E-state index contributed by atoms with van der Waals surface area (Å²) in [5.74, 6) is 2.02. The van der Waals surface area contributed by atoms with Gasteiger partial charge in [-0.05, 0) is 24.5 Å². The Labute approximate surface area is 180 Å². The molecule has 1 aliphatic rings. The second kappa shape index (κ2) is 13.1. The fraction of sp³-hybridized carbons (Fsp3) is 0.684. The first-order valence-electron chi connectivity index (χ1n) is 9.48. The SMILES string of the molecule is CCOc1cc(CNC(=NC)NCC(C(C)C)N2CCOCC2)ccn1.I. The van der Waals surface area contributed by atoms with E-state index in [1.54, 1.807) is 13.2 Å². The molecule has 7 nitrogen and oxygen atoms in total. The Kier molecular flexibility index (Phi) is 11.6. The van der Waals surface area contributed by atoms with Crippen molar-refractivity contribution in [3.05, 3.63) is 23.9 Å². The number of aromatic nitrogens is 1. The van der Waals surface area contributed by atoms with E-state index in [9.17, 15) is 0 Å². The molecule has 1 saturated heterocycles. The Morgan fingerprint density at radius 2 is 2.07 bits per heavy atom. The van der Waals surface area contributed by atoms with Gasteiger partial charge in [-0.3, -0.25) is 9.89 Å². The Morgan fingerprint density at radius 1 is 1.33 bits per heavy atom. The summed E-state index contributed by atoms with van der Waals surface area (Å²) >= 11 is 0. The molecule has 154 valence electrons. The monoisotopic (exact) mass is 491 g/mol. The fourth-order valence-electron chi connectivity index (χ4n) is 3.09. The summed E-state index contributed by atoms with van der Waals surface area (Å²) in [5, 5.41) is 6.83. The van der Waals surface area contributed by atoms with Crippen molar-refractivity contribution in [3.8, 4) is 5.88 Å². The van der Waals surface area contributed by atoms with Crippen LogP contribution in [0.25, 0.3) is 0 Å². The van der Waals surface area contributed by atoms with Gasteiger partial charge in [-0.25, -0.2) is 4.98 Å². The number of hydrogen-bond acceptors (Lipinski definition) is 5. The van der Waals surface area contributed by atoms with Crippen molar-refractivity contribution in [3.63, 3.8) is 0 Å². The van der Waals surface area contributed by atoms with Crippen molar-refractivity contribution in [1.82, 2.24) is 20.5 Å². The average molecular weight is 491 g/mol. The Hall–Kier alpha value is -1.13. The van der Waals surface area contributed by atoms with Crippen LogP contribution in [0.3, 0.4) is 0 Å². The molecule has 0 bridgehead atoms. The molecule has 0 saturated carbocycles. The van der Waals surface area contributed by atoms with Crippen LogP contribution in [0.2, 0.25) is 0 Å². The van der Waals surface area contributed by atoms with Gasteiger partial charge in [-0.1, -0.05) is 13.8 Å². The van der Waals surface area contributed by atoms with Crippen molar-refractivity contribution < 1.29 is 9.47 Å². The van der Waals surface area contributed by atoms with Crippen LogP contribution < -0.4 is 15.4 Å². The van der Waals surface area contributed by atoms with Crippen molar-refractivity contribution in [2.75, 3.05) is 46.5 Å². The minimum absolute atomic E-state index is 0. The van der Waals surface area contributed by atoms with E-state index in [2.05, 4.69) is 39.4 Å². The Morgan fingerprint density at radius 3 is 2.70 bits per heavy atom. The lowest BCUT2D eigenvalue weighted by atomic mass is 10.0. The maximum atomic E-state index is 5.48.